The van der Waals surface area contributed by atoms with Crippen LogP contribution in [0.3, 0.4) is 0 Å². The van der Waals surface area contributed by atoms with Crippen molar-refractivity contribution in [1.29, 1.82) is 0 Å². The molecule has 2 nitrogen and oxygen atoms in total. The Morgan fingerprint density at radius 2 is 1.17 bits per heavy atom. The maximum absolute atomic E-state index is 4.95. The Kier molecular flexibility index (Phi) is 4.67. The summed E-state index contributed by atoms with van der Waals surface area (Å²) >= 11 is 0. The number of para-hydroxylation sites is 2. The van der Waals surface area contributed by atoms with Gasteiger partial charge >= 0.3 is 0 Å². The lowest BCUT2D eigenvalue weighted by Gasteiger charge is -2.10. The van der Waals surface area contributed by atoms with E-state index in [0.717, 1.165) is 24.3 Å². The first kappa shape index (κ1) is 17.4. The largest absolute Gasteiger partial charge is 0.323 e. The number of fused-ring (bicyclic) bond motifs is 1. The summed E-state index contributed by atoms with van der Waals surface area (Å²) in [6, 6.07) is 38.3. The number of hydrogen-bond acceptors (Lipinski definition) is 1. The fraction of sp³-hybridized carbons (Fsp3) is 0.0741. The lowest BCUT2D eigenvalue weighted by Crippen LogP contribution is -2.06. The van der Waals surface area contributed by atoms with Gasteiger partial charge < -0.3 is 4.57 Å². The molecule has 4 aromatic carbocycles. The average molecular weight is 374 g/mol. The Bertz CT molecular complexity index is 1220. The van der Waals surface area contributed by atoms with Gasteiger partial charge in [-0.25, -0.2) is 4.98 Å². The van der Waals surface area contributed by atoms with Crippen LogP contribution < -0.4 is 0 Å². The summed E-state index contributed by atoms with van der Waals surface area (Å²) in [5.74, 6) is 1.10. The molecule has 140 valence electrons. The van der Waals surface area contributed by atoms with E-state index in [1.54, 1.807) is 0 Å². The quantitative estimate of drug-likeness (QED) is 0.351. The van der Waals surface area contributed by atoms with E-state index < -0.39 is 0 Å². The van der Waals surface area contributed by atoms with E-state index in [9.17, 15) is 0 Å². The van der Waals surface area contributed by atoms with Gasteiger partial charge in [-0.15, -0.1) is 0 Å². The molecule has 0 aliphatic carbocycles. The van der Waals surface area contributed by atoms with Crippen molar-refractivity contribution >= 4 is 11.0 Å². The van der Waals surface area contributed by atoms with Crippen molar-refractivity contribution in [1.82, 2.24) is 9.55 Å². The number of benzene rings is 4. The SMILES string of the molecule is c1ccc(Cn2c(Cc3ccc(-c4ccccc4)cc3)nc3ccccc32)cc1. The first-order valence-corrected chi connectivity index (χ1v) is 9.99. The summed E-state index contributed by atoms with van der Waals surface area (Å²) in [5, 5.41) is 0. The van der Waals surface area contributed by atoms with Crippen LogP contribution in [0.1, 0.15) is 17.0 Å². The van der Waals surface area contributed by atoms with E-state index in [-0.39, 0.29) is 0 Å². The van der Waals surface area contributed by atoms with Gasteiger partial charge in [-0.05, 0) is 34.4 Å². The minimum Gasteiger partial charge on any atom is -0.323 e. The molecule has 0 unspecified atom stereocenters. The Balaban J connectivity index is 1.48. The molecule has 0 bridgehead atoms. The first-order valence-electron chi connectivity index (χ1n) is 9.99. The highest BCUT2D eigenvalue weighted by molar-refractivity contribution is 5.76. The monoisotopic (exact) mass is 374 g/mol. The van der Waals surface area contributed by atoms with Crippen LogP contribution in [-0.2, 0) is 13.0 Å². The fourth-order valence-corrected chi connectivity index (χ4v) is 3.83. The molecular formula is C27H22N2. The molecule has 0 saturated heterocycles. The maximum atomic E-state index is 4.95. The topological polar surface area (TPSA) is 17.8 Å². The molecule has 0 fully saturated rings. The van der Waals surface area contributed by atoms with Gasteiger partial charge in [-0.2, -0.15) is 0 Å². The summed E-state index contributed by atoms with van der Waals surface area (Å²) in [4.78, 5) is 4.95. The highest BCUT2D eigenvalue weighted by atomic mass is 15.1. The number of rotatable bonds is 5. The lowest BCUT2D eigenvalue weighted by molar-refractivity contribution is 0.762. The van der Waals surface area contributed by atoms with Crippen molar-refractivity contribution in [2.45, 2.75) is 13.0 Å². The molecule has 0 aliphatic rings. The number of imidazole rings is 1. The molecule has 5 aromatic rings. The van der Waals surface area contributed by atoms with Crippen molar-refractivity contribution in [2.24, 2.45) is 0 Å². The second kappa shape index (κ2) is 7.76. The van der Waals surface area contributed by atoms with Gasteiger partial charge in [-0.1, -0.05) is 97.1 Å². The predicted octanol–water partition coefficient (Wildman–Crippen LogP) is 6.34. The van der Waals surface area contributed by atoms with Crippen molar-refractivity contribution in [3.05, 3.63) is 126 Å². The van der Waals surface area contributed by atoms with E-state index in [4.69, 9.17) is 4.98 Å². The van der Waals surface area contributed by atoms with Crippen molar-refractivity contribution < 1.29 is 0 Å². The van der Waals surface area contributed by atoms with Crippen molar-refractivity contribution in [2.75, 3.05) is 0 Å². The van der Waals surface area contributed by atoms with Gasteiger partial charge in [-0.3, -0.25) is 0 Å². The minimum absolute atomic E-state index is 0.816. The molecule has 5 rings (SSSR count). The first-order chi connectivity index (χ1) is 14.4. The average Bonchev–Trinajstić information content (AvgIpc) is 3.12. The smallest absolute Gasteiger partial charge is 0.114 e. The fourth-order valence-electron chi connectivity index (χ4n) is 3.83. The normalized spacial score (nSPS) is 11.0. The molecule has 0 amide bonds. The minimum atomic E-state index is 0.816. The van der Waals surface area contributed by atoms with Gasteiger partial charge in [0.25, 0.3) is 0 Å². The molecule has 0 N–H and O–H groups in total. The molecule has 1 heterocycles. The molecule has 2 heteroatoms. The third-order valence-electron chi connectivity index (χ3n) is 5.34. The van der Waals surface area contributed by atoms with Gasteiger partial charge in [0, 0.05) is 13.0 Å². The number of aromatic nitrogens is 2. The van der Waals surface area contributed by atoms with Crippen LogP contribution >= 0.6 is 0 Å². The van der Waals surface area contributed by atoms with Crippen molar-refractivity contribution in [3.63, 3.8) is 0 Å². The summed E-state index contributed by atoms with van der Waals surface area (Å²) in [7, 11) is 0. The van der Waals surface area contributed by atoms with E-state index >= 15 is 0 Å². The van der Waals surface area contributed by atoms with E-state index in [1.165, 1.54) is 27.8 Å². The van der Waals surface area contributed by atoms with Crippen LogP contribution in [0.4, 0.5) is 0 Å². The number of nitrogens with zero attached hydrogens (tertiary/aromatic N) is 2. The third-order valence-corrected chi connectivity index (χ3v) is 5.34. The second-order valence-corrected chi connectivity index (χ2v) is 7.33. The maximum Gasteiger partial charge on any atom is 0.114 e. The zero-order valence-electron chi connectivity index (χ0n) is 16.2. The van der Waals surface area contributed by atoms with E-state index in [0.29, 0.717) is 0 Å². The summed E-state index contributed by atoms with van der Waals surface area (Å²) < 4.78 is 2.34. The van der Waals surface area contributed by atoms with Crippen LogP contribution in [0.5, 0.6) is 0 Å². The van der Waals surface area contributed by atoms with Gasteiger partial charge in [0.1, 0.15) is 5.82 Å². The van der Waals surface area contributed by atoms with Crippen LogP contribution in [0.25, 0.3) is 22.2 Å². The molecule has 0 aliphatic heterocycles. The van der Waals surface area contributed by atoms with Crippen molar-refractivity contribution in [3.8, 4) is 11.1 Å². The third kappa shape index (κ3) is 3.70. The summed E-state index contributed by atoms with van der Waals surface area (Å²) in [6.07, 6.45) is 0.816. The second-order valence-electron chi connectivity index (χ2n) is 7.33. The summed E-state index contributed by atoms with van der Waals surface area (Å²) in [6.45, 7) is 0.832. The highest BCUT2D eigenvalue weighted by Crippen LogP contribution is 2.23. The van der Waals surface area contributed by atoms with Gasteiger partial charge in [0.2, 0.25) is 0 Å². The van der Waals surface area contributed by atoms with Crippen LogP contribution in [0, 0.1) is 0 Å². The standard InChI is InChI=1S/C27H22N2/c1-3-9-22(10-4-1)20-29-26-14-8-7-13-25(26)28-27(29)19-21-15-17-24(18-16-21)23-11-5-2-6-12-23/h1-18H,19-20H2. The zero-order valence-corrected chi connectivity index (χ0v) is 16.2. The van der Waals surface area contributed by atoms with Gasteiger partial charge in [0.05, 0.1) is 11.0 Å². The molecule has 0 spiro atoms. The highest BCUT2D eigenvalue weighted by Gasteiger charge is 2.11. The molecule has 0 radical (unpaired) electrons. The lowest BCUT2D eigenvalue weighted by atomic mass is 10.0. The zero-order chi connectivity index (χ0) is 19.5. The Morgan fingerprint density at radius 3 is 1.93 bits per heavy atom. The molecule has 0 saturated carbocycles. The van der Waals surface area contributed by atoms with Crippen LogP contribution in [0.2, 0.25) is 0 Å². The predicted molar refractivity (Wildman–Crippen MR) is 120 cm³/mol. The molecule has 1 aromatic heterocycles. The molecular weight excluding hydrogens is 352 g/mol. The van der Waals surface area contributed by atoms with Crippen LogP contribution in [0.15, 0.2) is 109 Å². The molecule has 29 heavy (non-hydrogen) atoms. The Hall–Kier alpha value is -3.65. The Labute approximate surface area is 171 Å². The number of hydrogen-bond donors (Lipinski definition) is 0. The molecule has 0 atom stereocenters. The van der Waals surface area contributed by atoms with Crippen LogP contribution in [-0.4, -0.2) is 9.55 Å². The summed E-state index contributed by atoms with van der Waals surface area (Å²) in [5.41, 5.74) is 7.29. The van der Waals surface area contributed by atoms with E-state index in [1.807, 2.05) is 0 Å². The van der Waals surface area contributed by atoms with Gasteiger partial charge in [0.15, 0.2) is 0 Å². The Morgan fingerprint density at radius 1 is 0.552 bits per heavy atom. The van der Waals surface area contributed by atoms with E-state index in [2.05, 4.69) is 114 Å².